The molecule has 0 aliphatic carbocycles. The fraction of sp³-hybridized carbons (Fsp3) is 0.333. The average molecular weight is 194 g/mol. The van der Waals surface area contributed by atoms with Gasteiger partial charge in [-0.1, -0.05) is 50.4 Å². The van der Waals surface area contributed by atoms with E-state index >= 15 is 0 Å². The molecule has 13 heavy (non-hydrogen) atoms. The van der Waals surface area contributed by atoms with Crippen LogP contribution in [0.1, 0.15) is 25.0 Å². The highest BCUT2D eigenvalue weighted by atomic mass is 32.2. The second kappa shape index (κ2) is 6.79. The lowest BCUT2D eigenvalue weighted by Crippen LogP contribution is -1.81. The standard InChI is InChI=1S/C10H12S.C2H6/c1-4-11-10-8(2)6-5-7-9(10)3;1-2/h4-7H,1H2,2-3H3;1-2H3. The zero-order valence-electron chi connectivity index (χ0n) is 8.92. The van der Waals surface area contributed by atoms with Gasteiger partial charge in [-0.05, 0) is 30.4 Å². The van der Waals surface area contributed by atoms with E-state index in [2.05, 4.69) is 38.6 Å². The maximum Gasteiger partial charge on any atom is 0.0174 e. The molecule has 0 amide bonds. The van der Waals surface area contributed by atoms with Crippen molar-refractivity contribution in [2.24, 2.45) is 0 Å². The van der Waals surface area contributed by atoms with E-state index in [1.807, 2.05) is 19.3 Å². The van der Waals surface area contributed by atoms with E-state index in [-0.39, 0.29) is 0 Å². The van der Waals surface area contributed by atoms with Gasteiger partial charge in [0.15, 0.2) is 0 Å². The molecule has 0 aliphatic rings. The van der Waals surface area contributed by atoms with Gasteiger partial charge < -0.3 is 0 Å². The summed E-state index contributed by atoms with van der Waals surface area (Å²) in [6, 6.07) is 6.33. The van der Waals surface area contributed by atoms with Crippen LogP contribution in [-0.2, 0) is 0 Å². The summed E-state index contributed by atoms with van der Waals surface area (Å²) >= 11 is 1.69. The first-order chi connectivity index (χ1) is 6.25. The molecule has 1 rings (SSSR count). The van der Waals surface area contributed by atoms with Crippen molar-refractivity contribution >= 4 is 11.8 Å². The van der Waals surface area contributed by atoms with E-state index in [4.69, 9.17) is 0 Å². The Bertz CT molecular complexity index is 244. The molecule has 0 N–H and O–H groups in total. The molecule has 0 atom stereocenters. The van der Waals surface area contributed by atoms with Gasteiger partial charge in [-0.25, -0.2) is 0 Å². The molecule has 0 saturated carbocycles. The van der Waals surface area contributed by atoms with E-state index in [0.29, 0.717) is 0 Å². The molecule has 1 aromatic rings. The van der Waals surface area contributed by atoms with Crippen LogP contribution in [0.2, 0.25) is 0 Å². The van der Waals surface area contributed by atoms with Crippen LogP contribution < -0.4 is 0 Å². The monoisotopic (exact) mass is 194 g/mol. The molecule has 0 spiro atoms. The van der Waals surface area contributed by atoms with Crippen LogP contribution >= 0.6 is 11.8 Å². The molecule has 0 fully saturated rings. The minimum absolute atomic E-state index is 1.33. The summed E-state index contributed by atoms with van der Waals surface area (Å²) in [5.74, 6) is 0. The highest BCUT2D eigenvalue weighted by molar-refractivity contribution is 8.02. The molecule has 1 aromatic carbocycles. The van der Waals surface area contributed by atoms with E-state index in [9.17, 15) is 0 Å². The third kappa shape index (κ3) is 3.69. The summed E-state index contributed by atoms with van der Waals surface area (Å²) in [4.78, 5) is 1.34. The van der Waals surface area contributed by atoms with Crippen LogP contribution in [-0.4, -0.2) is 0 Å². The fourth-order valence-corrected chi connectivity index (χ4v) is 1.74. The summed E-state index contributed by atoms with van der Waals surface area (Å²) in [6.07, 6.45) is 0. The van der Waals surface area contributed by atoms with Crippen molar-refractivity contribution in [2.45, 2.75) is 32.6 Å². The van der Waals surface area contributed by atoms with Crippen molar-refractivity contribution in [3.63, 3.8) is 0 Å². The molecule has 0 bridgehead atoms. The second-order valence-electron chi connectivity index (χ2n) is 2.51. The van der Waals surface area contributed by atoms with Crippen LogP contribution in [0.15, 0.2) is 35.1 Å². The lowest BCUT2D eigenvalue weighted by Gasteiger charge is -2.04. The lowest BCUT2D eigenvalue weighted by atomic mass is 10.2. The van der Waals surface area contributed by atoms with E-state index in [0.717, 1.165) is 0 Å². The van der Waals surface area contributed by atoms with Gasteiger partial charge in [0, 0.05) is 4.90 Å². The number of hydrogen-bond donors (Lipinski definition) is 0. The van der Waals surface area contributed by atoms with Gasteiger partial charge in [-0.2, -0.15) is 0 Å². The minimum Gasteiger partial charge on any atom is -0.0981 e. The molecule has 0 aromatic heterocycles. The van der Waals surface area contributed by atoms with Crippen molar-refractivity contribution in [3.8, 4) is 0 Å². The van der Waals surface area contributed by atoms with E-state index in [1.54, 1.807) is 11.8 Å². The molecule has 0 aliphatic heterocycles. The first-order valence-corrected chi connectivity index (χ1v) is 5.47. The first kappa shape index (κ1) is 12.3. The van der Waals surface area contributed by atoms with Crippen LogP contribution in [0.4, 0.5) is 0 Å². The molecule has 0 unspecified atom stereocenters. The van der Waals surface area contributed by atoms with Crippen LogP contribution in [0, 0.1) is 13.8 Å². The topological polar surface area (TPSA) is 0 Å². The molecule has 0 radical (unpaired) electrons. The lowest BCUT2D eigenvalue weighted by molar-refractivity contribution is 1.22. The Morgan fingerprint density at radius 1 is 1.15 bits per heavy atom. The predicted octanol–water partition coefficient (Wildman–Crippen LogP) is 4.57. The number of thioether (sulfide) groups is 1. The molecule has 72 valence electrons. The van der Waals surface area contributed by atoms with Crippen molar-refractivity contribution in [3.05, 3.63) is 41.3 Å². The molecule has 0 nitrogen and oxygen atoms in total. The van der Waals surface area contributed by atoms with Gasteiger partial charge in [0.05, 0.1) is 0 Å². The van der Waals surface area contributed by atoms with E-state index < -0.39 is 0 Å². The van der Waals surface area contributed by atoms with Crippen molar-refractivity contribution in [1.29, 1.82) is 0 Å². The SMILES string of the molecule is C=CSc1c(C)cccc1C.CC. The Labute approximate surface area is 86.1 Å². The third-order valence-corrected chi connectivity index (χ3v) is 2.66. The van der Waals surface area contributed by atoms with Gasteiger partial charge in [-0.3, -0.25) is 0 Å². The van der Waals surface area contributed by atoms with Gasteiger partial charge in [0.2, 0.25) is 0 Å². The summed E-state index contributed by atoms with van der Waals surface area (Å²) in [5, 5.41) is 1.87. The average Bonchev–Trinajstić information content (AvgIpc) is 2.15. The molecular formula is C12H18S. The fourth-order valence-electron chi connectivity index (χ4n) is 1.07. The zero-order chi connectivity index (χ0) is 10.3. The number of hydrogen-bond acceptors (Lipinski definition) is 1. The predicted molar refractivity (Wildman–Crippen MR) is 63.3 cm³/mol. The number of aryl methyl sites for hydroxylation is 2. The Hall–Kier alpha value is -0.690. The number of benzene rings is 1. The van der Waals surface area contributed by atoms with Gasteiger partial charge in [0.1, 0.15) is 0 Å². The van der Waals surface area contributed by atoms with Gasteiger partial charge in [0.25, 0.3) is 0 Å². The maximum absolute atomic E-state index is 3.70. The minimum atomic E-state index is 1.33. The normalized spacial score (nSPS) is 8.62. The number of rotatable bonds is 2. The summed E-state index contributed by atoms with van der Waals surface area (Å²) in [6.45, 7) is 11.9. The highest BCUT2D eigenvalue weighted by Gasteiger charge is 1.98. The van der Waals surface area contributed by atoms with Crippen LogP contribution in [0.25, 0.3) is 0 Å². The Balaban J connectivity index is 0.000000671. The van der Waals surface area contributed by atoms with Crippen molar-refractivity contribution in [1.82, 2.24) is 0 Å². The third-order valence-electron chi connectivity index (χ3n) is 1.61. The maximum atomic E-state index is 3.70. The smallest absolute Gasteiger partial charge is 0.0174 e. The Kier molecular flexibility index (Phi) is 6.43. The summed E-state index contributed by atoms with van der Waals surface area (Å²) in [5.41, 5.74) is 2.66. The zero-order valence-corrected chi connectivity index (χ0v) is 9.74. The first-order valence-electron chi connectivity index (χ1n) is 4.59. The summed E-state index contributed by atoms with van der Waals surface area (Å²) in [7, 11) is 0. The van der Waals surface area contributed by atoms with Crippen LogP contribution in [0.3, 0.4) is 0 Å². The van der Waals surface area contributed by atoms with Crippen molar-refractivity contribution in [2.75, 3.05) is 0 Å². The molecule has 1 heteroatoms. The largest absolute Gasteiger partial charge is 0.0981 e. The highest BCUT2D eigenvalue weighted by Crippen LogP contribution is 2.25. The molecule has 0 saturated heterocycles. The Morgan fingerprint density at radius 3 is 2.00 bits per heavy atom. The van der Waals surface area contributed by atoms with Gasteiger partial charge >= 0.3 is 0 Å². The van der Waals surface area contributed by atoms with Crippen molar-refractivity contribution < 1.29 is 0 Å². The molecule has 0 heterocycles. The van der Waals surface area contributed by atoms with E-state index in [1.165, 1.54) is 16.0 Å². The molecular weight excluding hydrogens is 176 g/mol. The summed E-state index contributed by atoms with van der Waals surface area (Å²) < 4.78 is 0. The Morgan fingerprint density at radius 2 is 1.62 bits per heavy atom. The van der Waals surface area contributed by atoms with Gasteiger partial charge in [-0.15, -0.1) is 0 Å². The van der Waals surface area contributed by atoms with Crippen LogP contribution in [0.5, 0.6) is 0 Å². The quantitative estimate of drug-likeness (QED) is 0.622. The second-order valence-corrected chi connectivity index (χ2v) is 3.48.